The van der Waals surface area contributed by atoms with Crippen molar-refractivity contribution in [2.75, 3.05) is 0 Å². The van der Waals surface area contributed by atoms with E-state index in [4.69, 9.17) is 11.6 Å². The number of benzene rings is 1. The summed E-state index contributed by atoms with van der Waals surface area (Å²) in [5.74, 6) is -0.137. The van der Waals surface area contributed by atoms with E-state index in [0.717, 1.165) is 0 Å². The Morgan fingerprint density at radius 3 is 2.73 bits per heavy atom. The molecular weight excluding hydrogens is 214 g/mol. The van der Waals surface area contributed by atoms with E-state index in [1.807, 2.05) is 13.0 Å². The Morgan fingerprint density at radius 2 is 2.07 bits per heavy atom. The predicted octanol–water partition coefficient (Wildman–Crippen LogP) is 2.38. The molecule has 78 valence electrons. The first kappa shape index (κ1) is 10.1. The number of halogens is 1. The van der Waals surface area contributed by atoms with Crippen LogP contribution >= 0.6 is 11.6 Å². The molecule has 0 saturated heterocycles. The zero-order valence-corrected chi connectivity index (χ0v) is 8.95. The van der Waals surface area contributed by atoms with E-state index >= 15 is 0 Å². The van der Waals surface area contributed by atoms with Gasteiger partial charge in [-0.2, -0.15) is 0 Å². The number of aromatic nitrogens is 1. The normalized spacial score (nSPS) is 10.8. The lowest BCUT2D eigenvalue weighted by molar-refractivity contribution is 0.479. The van der Waals surface area contributed by atoms with Gasteiger partial charge in [0.1, 0.15) is 10.8 Å². The number of aromatic hydroxyl groups is 1. The first-order valence-corrected chi connectivity index (χ1v) is 5.04. The van der Waals surface area contributed by atoms with Gasteiger partial charge in [-0.05, 0) is 19.1 Å². The average molecular weight is 224 g/mol. The fraction of sp³-hybridized carbons (Fsp3) is 0.182. The molecule has 0 atom stereocenters. The van der Waals surface area contributed by atoms with Crippen LogP contribution in [0.4, 0.5) is 0 Å². The maximum Gasteiger partial charge on any atom is 0.273 e. The number of para-hydroxylation sites is 1. The summed E-state index contributed by atoms with van der Waals surface area (Å²) in [6.45, 7) is 2.39. The molecule has 0 aliphatic rings. The van der Waals surface area contributed by atoms with Gasteiger partial charge in [0.05, 0.1) is 5.52 Å². The van der Waals surface area contributed by atoms with E-state index in [-0.39, 0.29) is 16.3 Å². The quantitative estimate of drug-likeness (QED) is 0.807. The molecule has 15 heavy (non-hydrogen) atoms. The van der Waals surface area contributed by atoms with Crippen LogP contribution < -0.4 is 5.56 Å². The molecule has 1 aromatic heterocycles. The van der Waals surface area contributed by atoms with Crippen LogP contribution in [-0.4, -0.2) is 9.67 Å². The van der Waals surface area contributed by atoms with Crippen molar-refractivity contribution in [2.24, 2.45) is 0 Å². The molecule has 1 aromatic carbocycles. The number of aryl methyl sites for hydroxylation is 1. The van der Waals surface area contributed by atoms with E-state index in [1.54, 1.807) is 18.2 Å². The second-order valence-electron chi connectivity index (χ2n) is 3.23. The van der Waals surface area contributed by atoms with Crippen molar-refractivity contribution in [2.45, 2.75) is 13.5 Å². The Morgan fingerprint density at radius 1 is 1.40 bits per heavy atom. The van der Waals surface area contributed by atoms with E-state index < -0.39 is 0 Å². The third kappa shape index (κ3) is 1.39. The highest BCUT2D eigenvalue weighted by molar-refractivity contribution is 6.32. The van der Waals surface area contributed by atoms with Gasteiger partial charge in [-0.25, -0.2) is 0 Å². The number of hydrogen-bond donors (Lipinski definition) is 1. The van der Waals surface area contributed by atoms with Crippen LogP contribution in [0.1, 0.15) is 6.92 Å². The van der Waals surface area contributed by atoms with Crippen LogP contribution in [0.3, 0.4) is 0 Å². The molecule has 3 nitrogen and oxygen atoms in total. The molecule has 2 rings (SSSR count). The molecule has 0 fully saturated rings. The van der Waals surface area contributed by atoms with Gasteiger partial charge in [0.25, 0.3) is 5.56 Å². The van der Waals surface area contributed by atoms with E-state index in [1.165, 1.54) is 4.57 Å². The molecule has 1 heterocycles. The molecule has 0 bridgehead atoms. The lowest BCUT2D eigenvalue weighted by Crippen LogP contribution is -2.19. The van der Waals surface area contributed by atoms with Gasteiger partial charge >= 0.3 is 0 Å². The first-order chi connectivity index (χ1) is 7.16. The second kappa shape index (κ2) is 3.59. The zero-order chi connectivity index (χ0) is 11.0. The molecule has 0 aliphatic heterocycles. The molecule has 0 radical (unpaired) electrons. The van der Waals surface area contributed by atoms with Gasteiger partial charge in [0.2, 0.25) is 0 Å². The van der Waals surface area contributed by atoms with Gasteiger partial charge in [0.15, 0.2) is 0 Å². The topological polar surface area (TPSA) is 42.2 Å². The Balaban J connectivity index is 3.05. The third-order valence-electron chi connectivity index (χ3n) is 2.41. The molecule has 0 aliphatic carbocycles. The average Bonchev–Trinajstić information content (AvgIpc) is 2.27. The molecule has 0 saturated carbocycles. The minimum Gasteiger partial charge on any atom is -0.505 e. The molecule has 0 unspecified atom stereocenters. The molecular formula is C11H10ClNO2. The number of hydrogen-bond acceptors (Lipinski definition) is 2. The van der Waals surface area contributed by atoms with Crippen LogP contribution in [0.5, 0.6) is 5.75 Å². The van der Waals surface area contributed by atoms with E-state index in [2.05, 4.69) is 0 Å². The summed E-state index contributed by atoms with van der Waals surface area (Å²) in [7, 11) is 0. The summed E-state index contributed by atoms with van der Waals surface area (Å²) in [5.41, 5.74) is 0.349. The SMILES string of the molecule is CCn1c(=O)c(Cl)c(O)c2ccccc21. The maximum absolute atomic E-state index is 11.7. The van der Waals surface area contributed by atoms with Gasteiger partial charge in [-0.3, -0.25) is 4.79 Å². The minimum absolute atomic E-state index is 0.115. The summed E-state index contributed by atoms with van der Waals surface area (Å²) in [4.78, 5) is 11.7. The van der Waals surface area contributed by atoms with Crippen LogP contribution in [0.15, 0.2) is 29.1 Å². The number of pyridine rings is 1. The molecule has 4 heteroatoms. The van der Waals surface area contributed by atoms with Crippen molar-refractivity contribution >= 4 is 22.5 Å². The highest BCUT2D eigenvalue weighted by atomic mass is 35.5. The second-order valence-corrected chi connectivity index (χ2v) is 3.61. The lowest BCUT2D eigenvalue weighted by Gasteiger charge is -2.10. The van der Waals surface area contributed by atoms with Crippen LogP contribution in [0, 0.1) is 0 Å². The van der Waals surface area contributed by atoms with Crippen molar-refractivity contribution in [3.8, 4) is 5.75 Å². The number of rotatable bonds is 1. The zero-order valence-electron chi connectivity index (χ0n) is 8.20. The smallest absolute Gasteiger partial charge is 0.273 e. The van der Waals surface area contributed by atoms with Crippen molar-refractivity contribution < 1.29 is 5.11 Å². The Labute approximate surface area is 91.5 Å². The van der Waals surface area contributed by atoms with E-state index in [0.29, 0.717) is 17.4 Å². The van der Waals surface area contributed by atoms with Gasteiger partial charge in [0, 0.05) is 11.9 Å². The summed E-state index contributed by atoms with van der Waals surface area (Å²) in [6.07, 6.45) is 0. The summed E-state index contributed by atoms with van der Waals surface area (Å²) in [5, 5.41) is 10.2. The molecule has 2 aromatic rings. The largest absolute Gasteiger partial charge is 0.505 e. The maximum atomic E-state index is 11.7. The summed E-state index contributed by atoms with van der Waals surface area (Å²) in [6, 6.07) is 7.14. The number of nitrogens with zero attached hydrogens (tertiary/aromatic N) is 1. The molecule has 1 N–H and O–H groups in total. The monoisotopic (exact) mass is 223 g/mol. The van der Waals surface area contributed by atoms with Crippen molar-refractivity contribution in [1.29, 1.82) is 0 Å². The third-order valence-corrected chi connectivity index (χ3v) is 2.75. The van der Waals surface area contributed by atoms with Crippen molar-refractivity contribution in [3.63, 3.8) is 0 Å². The predicted molar refractivity (Wildman–Crippen MR) is 60.6 cm³/mol. The standard InChI is InChI=1S/C11H10ClNO2/c1-2-13-8-6-4-3-5-7(8)10(14)9(12)11(13)15/h3-6,14H,2H2,1H3. The van der Waals surface area contributed by atoms with Crippen LogP contribution in [0.25, 0.3) is 10.9 Å². The Hall–Kier alpha value is -1.48. The fourth-order valence-electron chi connectivity index (χ4n) is 1.67. The van der Waals surface area contributed by atoms with Crippen molar-refractivity contribution in [1.82, 2.24) is 4.57 Å². The van der Waals surface area contributed by atoms with Crippen LogP contribution in [0.2, 0.25) is 5.02 Å². The van der Waals surface area contributed by atoms with Crippen molar-refractivity contribution in [3.05, 3.63) is 39.6 Å². The first-order valence-electron chi connectivity index (χ1n) is 4.66. The van der Waals surface area contributed by atoms with Gasteiger partial charge < -0.3 is 9.67 Å². The highest BCUT2D eigenvalue weighted by Crippen LogP contribution is 2.28. The molecule has 0 spiro atoms. The number of fused-ring (bicyclic) bond motifs is 1. The Bertz CT molecular complexity index is 575. The molecule has 0 amide bonds. The van der Waals surface area contributed by atoms with Gasteiger partial charge in [-0.15, -0.1) is 0 Å². The Kier molecular flexibility index (Phi) is 2.40. The van der Waals surface area contributed by atoms with E-state index in [9.17, 15) is 9.90 Å². The highest BCUT2D eigenvalue weighted by Gasteiger charge is 2.12. The summed E-state index contributed by atoms with van der Waals surface area (Å²) < 4.78 is 1.54. The van der Waals surface area contributed by atoms with Gasteiger partial charge in [-0.1, -0.05) is 23.7 Å². The fourth-order valence-corrected chi connectivity index (χ4v) is 1.87. The van der Waals surface area contributed by atoms with Crippen LogP contribution in [-0.2, 0) is 6.54 Å². The lowest BCUT2D eigenvalue weighted by atomic mass is 10.2. The summed E-state index contributed by atoms with van der Waals surface area (Å²) >= 11 is 5.76. The minimum atomic E-state index is -0.352.